The number of ether oxygens (including phenoxy) is 1. The molecule has 7 nitrogen and oxygen atoms in total. The third kappa shape index (κ3) is 4.81. The molecule has 0 radical (unpaired) electrons. The summed E-state index contributed by atoms with van der Waals surface area (Å²) in [5, 5.41) is 9.79. The van der Waals surface area contributed by atoms with Crippen LogP contribution >= 0.6 is 0 Å². The highest BCUT2D eigenvalue weighted by Crippen LogP contribution is 2.21. The summed E-state index contributed by atoms with van der Waals surface area (Å²) in [6.45, 7) is 3.96. The fourth-order valence-electron chi connectivity index (χ4n) is 2.29. The number of rotatable bonds is 5. The normalized spacial score (nSPS) is 10.0. The van der Waals surface area contributed by atoms with Crippen LogP contribution in [0, 0.1) is 5.41 Å². The fraction of sp³-hybridized carbons (Fsp3) is 0.167. The van der Waals surface area contributed by atoms with Crippen LogP contribution < -0.4 is 20.7 Å². The van der Waals surface area contributed by atoms with Crippen LogP contribution in [0.1, 0.15) is 24.2 Å². The molecular weight excluding hydrogens is 320 g/mol. The van der Waals surface area contributed by atoms with Crippen molar-refractivity contribution in [2.24, 2.45) is 5.73 Å². The second kappa shape index (κ2) is 7.96. The van der Waals surface area contributed by atoms with Gasteiger partial charge in [-0.15, -0.1) is 0 Å². The monoisotopic (exact) mass is 340 g/mol. The topological polar surface area (TPSA) is 109 Å². The molecule has 0 fully saturated rings. The number of carbonyl (C=O) groups excluding carboxylic acids is 2. The number of nitrogens with zero attached hydrogens (tertiary/aromatic N) is 1. The van der Waals surface area contributed by atoms with E-state index in [2.05, 4.69) is 5.32 Å². The second-order valence-corrected chi connectivity index (χ2v) is 5.26. The van der Waals surface area contributed by atoms with E-state index in [9.17, 15) is 9.59 Å². The molecule has 25 heavy (non-hydrogen) atoms. The minimum absolute atomic E-state index is 0.0495. The van der Waals surface area contributed by atoms with Crippen LogP contribution in [0.4, 0.5) is 11.4 Å². The SMILES string of the molecule is CCN(C(C)=O)c1ccc(OC(=O)c2ccc(NC(=N)N)cc2)cc1. The Balaban J connectivity index is 2.05. The molecule has 2 aromatic carbocycles. The number of hydrogen-bond donors (Lipinski definition) is 3. The lowest BCUT2D eigenvalue weighted by Gasteiger charge is -2.19. The standard InChI is InChI=1S/C18H20N4O3/c1-3-22(12(2)23)15-8-10-16(11-9-15)25-17(24)13-4-6-14(7-5-13)21-18(19)20/h4-11H,3H2,1-2H3,(H4,19,20,21). The van der Waals surface area contributed by atoms with E-state index in [1.165, 1.54) is 6.92 Å². The largest absolute Gasteiger partial charge is 0.423 e. The zero-order valence-corrected chi connectivity index (χ0v) is 14.1. The number of hydrogen-bond acceptors (Lipinski definition) is 4. The van der Waals surface area contributed by atoms with Gasteiger partial charge in [-0.2, -0.15) is 0 Å². The minimum atomic E-state index is -0.499. The Kier molecular flexibility index (Phi) is 5.73. The summed E-state index contributed by atoms with van der Waals surface area (Å²) in [6.07, 6.45) is 0. The van der Waals surface area contributed by atoms with Crippen molar-refractivity contribution < 1.29 is 14.3 Å². The molecule has 0 aliphatic heterocycles. The molecule has 0 atom stereocenters. The number of nitrogens with one attached hydrogen (secondary N) is 2. The van der Waals surface area contributed by atoms with Crippen molar-refractivity contribution in [1.29, 1.82) is 5.41 Å². The summed E-state index contributed by atoms with van der Waals surface area (Å²) in [5.74, 6) is -0.339. The first-order valence-electron chi connectivity index (χ1n) is 7.72. The van der Waals surface area contributed by atoms with Crippen molar-refractivity contribution in [2.75, 3.05) is 16.8 Å². The Morgan fingerprint density at radius 1 is 1.12 bits per heavy atom. The van der Waals surface area contributed by atoms with E-state index in [-0.39, 0.29) is 11.9 Å². The highest BCUT2D eigenvalue weighted by atomic mass is 16.5. The maximum atomic E-state index is 12.2. The molecule has 1 amide bonds. The van der Waals surface area contributed by atoms with Gasteiger partial charge in [0.2, 0.25) is 5.91 Å². The Labute approximate surface area is 145 Å². The van der Waals surface area contributed by atoms with Gasteiger partial charge in [-0.1, -0.05) is 0 Å². The average molecular weight is 340 g/mol. The molecule has 130 valence electrons. The van der Waals surface area contributed by atoms with Crippen LogP contribution in [0.5, 0.6) is 5.75 Å². The van der Waals surface area contributed by atoms with Gasteiger partial charge in [0.15, 0.2) is 5.96 Å². The summed E-state index contributed by atoms with van der Waals surface area (Å²) in [6, 6.07) is 13.2. The summed E-state index contributed by atoms with van der Waals surface area (Å²) in [4.78, 5) is 25.3. The number of esters is 1. The van der Waals surface area contributed by atoms with E-state index < -0.39 is 5.97 Å². The zero-order chi connectivity index (χ0) is 18.4. The van der Waals surface area contributed by atoms with E-state index in [1.807, 2.05) is 6.92 Å². The molecule has 0 unspecified atom stereocenters. The minimum Gasteiger partial charge on any atom is -0.423 e. The summed E-state index contributed by atoms with van der Waals surface area (Å²) < 4.78 is 5.32. The van der Waals surface area contributed by atoms with Gasteiger partial charge < -0.3 is 20.7 Å². The van der Waals surface area contributed by atoms with Gasteiger partial charge in [0, 0.05) is 24.8 Å². The number of amides is 1. The predicted octanol–water partition coefficient (Wildman–Crippen LogP) is 2.58. The van der Waals surface area contributed by atoms with Gasteiger partial charge in [-0.25, -0.2) is 4.79 Å². The van der Waals surface area contributed by atoms with Crippen LogP contribution in [0.3, 0.4) is 0 Å². The van der Waals surface area contributed by atoms with E-state index in [0.29, 0.717) is 23.5 Å². The van der Waals surface area contributed by atoms with Gasteiger partial charge in [-0.3, -0.25) is 10.2 Å². The highest BCUT2D eigenvalue weighted by molar-refractivity contribution is 5.94. The molecule has 0 bridgehead atoms. The molecule has 0 spiro atoms. The molecule has 0 heterocycles. The van der Waals surface area contributed by atoms with Gasteiger partial charge in [-0.05, 0) is 55.5 Å². The first-order valence-corrected chi connectivity index (χ1v) is 7.72. The molecule has 0 saturated carbocycles. The molecule has 7 heteroatoms. The molecule has 0 aromatic heterocycles. The van der Waals surface area contributed by atoms with Gasteiger partial charge in [0.1, 0.15) is 5.75 Å². The predicted molar refractivity (Wildman–Crippen MR) is 97.1 cm³/mol. The van der Waals surface area contributed by atoms with Crippen LogP contribution in [0.25, 0.3) is 0 Å². The summed E-state index contributed by atoms with van der Waals surface area (Å²) in [7, 11) is 0. The average Bonchev–Trinajstić information content (AvgIpc) is 2.57. The number of anilines is 2. The van der Waals surface area contributed by atoms with Crippen molar-refractivity contribution in [3.63, 3.8) is 0 Å². The number of nitrogens with two attached hydrogens (primary N) is 1. The number of benzene rings is 2. The lowest BCUT2D eigenvalue weighted by atomic mass is 10.2. The fourth-order valence-corrected chi connectivity index (χ4v) is 2.29. The Morgan fingerprint density at radius 2 is 1.72 bits per heavy atom. The number of carbonyl (C=O) groups is 2. The van der Waals surface area contributed by atoms with Crippen LogP contribution in [0.15, 0.2) is 48.5 Å². The van der Waals surface area contributed by atoms with Gasteiger partial charge in [0.25, 0.3) is 0 Å². The lowest BCUT2D eigenvalue weighted by Crippen LogP contribution is -2.27. The third-order valence-electron chi connectivity index (χ3n) is 3.45. The van der Waals surface area contributed by atoms with Crippen molar-refractivity contribution in [2.45, 2.75) is 13.8 Å². The van der Waals surface area contributed by atoms with Gasteiger partial charge in [0.05, 0.1) is 5.56 Å². The van der Waals surface area contributed by atoms with Crippen molar-refractivity contribution in [1.82, 2.24) is 0 Å². The molecular formula is C18H20N4O3. The third-order valence-corrected chi connectivity index (χ3v) is 3.45. The second-order valence-electron chi connectivity index (χ2n) is 5.26. The molecule has 0 saturated heterocycles. The van der Waals surface area contributed by atoms with E-state index in [4.69, 9.17) is 15.9 Å². The molecule has 4 N–H and O–H groups in total. The molecule has 2 rings (SSSR count). The summed E-state index contributed by atoms with van der Waals surface area (Å²) in [5.41, 5.74) is 6.97. The van der Waals surface area contributed by atoms with Crippen molar-refractivity contribution >= 4 is 29.2 Å². The first kappa shape index (κ1) is 18.0. The van der Waals surface area contributed by atoms with Crippen molar-refractivity contribution in [3.8, 4) is 5.75 Å². The maximum Gasteiger partial charge on any atom is 0.343 e. The van der Waals surface area contributed by atoms with Crippen LogP contribution in [0.2, 0.25) is 0 Å². The lowest BCUT2D eigenvalue weighted by molar-refractivity contribution is -0.116. The van der Waals surface area contributed by atoms with E-state index in [1.54, 1.807) is 53.4 Å². The van der Waals surface area contributed by atoms with Crippen LogP contribution in [-0.2, 0) is 4.79 Å². The Bertz CT molecular complexity index is 770. The summed E-state index contributed by atoms with van der Waals surface area (Å²) >= 11 is 0. The quantitative estimate of drug-likeness (QED) is 0.335. The Hall–Kier alpha value is -3.35. The zero-order valence-electron chi connectivity index (χ0n) is 14.1. The van der Waals surface area contributed by atoms with Gasteiger partial charge >= 0.3 is 5.97 Å². The molecule has 0 aliphatic carbocycles. The smallest absolute Gasteiger partial charge is 0.343 e. The van der Waals surface area contributed by atoms with E-state index in [0.717, 1.165) is 5.69 Å². The maximum absolute atomic E-state index is 12.2. The van der Waals surface area contributed by atoms with Crippen LogP contribution in [-0.4, -0.2) is 24.4 Å². The number of guanidine groups is 1. The first-order chi connectivity index (χ1) is 11.9. The van der Waals surface area contributed by atoms with Crippen molar-refractivity contribution in [3.05, 3.63) is 54.1 Å². The highest BCUT2D eigenvalue weighted by Gasteiger charge is 2.11. The molecule has 2 aromatic rings. The Morgan fingerprint density at radius 3 is 2.20 bits per heavy atom. The van der Waals surface area contributed by atoms with E-state index >= 15 is 0 Å². The molecule has 0 aliphatic rings.